The molecule has 1 fully saturated rings. The van der Waals surface area contributed by atoms with Crippen LogP contribution in [-0.4, -0.2) is 18.6 Å². The highest BCUT2D eigenvalue weighted by Gasteiger charge is 2.35. The molecule has 1 aliphatic rings. The van der Waals surface area contributed by atoms with Crippen LogP contribution in [0.5, 0.6) is 5.75 Å². The maximum absolute atomic E-state index is 11.9. The Balaban J connectivity index is 1.84. The third-order valence-electron chi connectivity index (χ3n) is 3.87. The quantitative estimate of drug-likeness (QED) is 0.819. The number of ether oxygens (including phenoxy) is 1. The van der Waals surface area contributed by atoms with E-state index in [2.05, 4.69) is 19.2 Å². The number of carbonyl (C=O) groups excluding carboxylic acids is 1. The lowest BCUT2D eigenvalue weighted by atomic mass is 9.87. The minimum absolute atomic E-state index is 0.0147. The summed E-state index contributed by atoms with van der Waals surface area (Å²) in [5, 5.41) is 3.05. The van der Waals surface area contributed by atoms with E-state index in [1.165, 1.54) is 6.42 Å². The van der Waals surface area contributed by atoms with Gasteiger partial charge in [-0.1, -0.05) is 32.4 Å². The summed E-state index contributed by atoms with van der Waals surface area (Å²) >= 11 is 0. The Hall–Kier alpha value is -1.71. The van der Waals surface area contributed by atoms with Gasteiger partial charge in [-0.15, -0.1) is 0 Å². The van der Waals surface area contributed by atoms with E-state index in [1.807, 2.05) is 12.1 Å². The number of para-hydroxylation sites is 2. The van der Waals surface area contributed by atoms with Crippen LogP contribution in [0.3, 0.4) is 0 Å². The average Bonchev–Trinajstić information content (AvgIpc) is 2.68. The molecular weight excluding hydrogens is 240 g/mol. The molecule has 0 heterocycles. The van der Waals surface area contributed by atoms with Gasteiger partial charge in [0.1, 0.15) is 5.75 Å². The summed E-state index contributed by atoms with van der Waals surface area (Å²) < 4.78 is 5.44. The Kier molecular flexibility index (Phi) is 3.98. The van der Waals surface area contributed by atoms with Gasteiger partial charge in [0.05, 0.1) is 5.69 Å². The minimum Gasteiger partial charge on any atom is -0.482 e. The summed E-state index contributed by atoms with van der Waals surface area (Å²) in [7, 11) is 0. The van der Waals surface area contributed by atoms with E-state index in [9.17, 15) is 4.79 Å². The number of nitrogen functional groups attached to an aromatic ring is 1. The van der Waals surface area contributed by atoms with Crippen molar-refractivity contribution in [3.8, 4) is 5.75 Å². The molecule has 4 heteroatoms. The zero-order valence-electron chi connectivity index (χ0n) is 11.6. The molecule has 1 saturated carbocycles. The number of benzene rings is 1. The van der Waals surface area contributed by atoms with Crippen LogP contribution in [0.1, 0.15) is 33.1 Å². The summed E-state index contributed by atoms with van der Waals surface area (Å²) in [6.07, 6.45) is 3.38. The highest BCUT2D eigenvalue weighted by molar-refractivity contribution is 5.78. The third-order valence-corrected chi connectivity index (χ3v) is 3.87. The molecule has 1 aliphatic carbocycles. The normalized spacial score (nSPS) is 21.1. The lowest BCUT2D eigenvalue weighted by Gasteiger charge is -2.27. The van der Waals surface area contributed by atoms with Crippen LogP contribution >= 0.6 is 0 Å². The molecule has 0 spiro atoms. The number of anilines is 1. The highest BCUT2D eigenvalue weighted by Crippen LogP contribution is 2.37. The van der Waals surface area contributed by atoms with Crippen molar-refractivity contribution >= 4 is 11.6 Å². The molecular formula is C15H22N2O2. The predicted octanol–water partition coefficient (Wildman–Crippen LogP) is 2.34. The van der Waals surface area contributed by atoms with E-state index in [1.54, 1.807) is 12.1 Å². The number of nitrogens with two attached hydrogens (primary N) is 1. The Bertz CT molecular complexity index is 457. The van der Waals surface area contributed by atoms with Gasteiger partial charge < -0.3 is 15.8 Å². The molecule has 3 N–H and O–H groups in total. The van der Waals surface area contributed by atoms with Crippen LogP contribution in [-0.2, 0) is 4.79 Å². The van der Waals surface area contributed by atoms with E-state index >= 15 is 0 Å². The van der Waals surface area contributed by atoms with Crippen LogP contribution in [0.4, 0.5) is 5.69 Å². The molecule has 0 radical (unpaired) electrons. The molecule has 0 saturated heterocycles. The number of hydrogen-bond acceptors (Lipinski definition) is 3. The van der Waals surface area contributed by atoms with Gasteiger partial charge >= 0.3 is 0 Å². The van der Waals surface area contributed by atoms with Gasteiger partial charge in [-0.05, 0) is 30.4 Å². The Morgan fingerprint density at radius 3 is 2.84 bits per heavy atom. The second-order valence-corrected chi connectivity index (χ2v) is 5.83. The molecule has 4 nitrogen and oxygen atoms in total. The molecule has 0 aromatic heterocycles. The second kappa shape index (κ2) is 5.51. The fraction of sp³-hybridized carbons (Fsp3) is 0.533. The Labute approximate surface area is 114 Å². The first-order valence-corrected chi connectivity index (χ1v) is 6.76. The first kappa shape index (κ1) is 13.7. The second-order valence-electron chi connectivity index (χ2n) is 5.83. The van der Waals surface area contributed by atoms with Gasteiger partial charge in [0.2, 0.25) is 0 Å². The maximum atomic E-state index is 11.9. The fourth-order valence-electron chi connectivity index (χ4n) is 2.59. The third kappa shape index (κ3) is 3.40. The van der Waals surface area contributed by atoms with E-state index in [-0.39, 0.29) is 24.0 Å². The monoisotopic (exact) mass is 262 g/mol. The van der Waals surface area contributed by atoms with Crippen molar-refractivity contribution in [2.75, 3.05) is 12.3 Å². The van der Waals surface area contributed by atoms with Crippen molar-refractivity contribution in [1.29, 1.82) is 0 Å². The topological polar surface area (TPSA) is 64.3 Å². The summed E-state index contributed by atoms with van der Waals surface area (Å²) in [5.41, 5.74) is 6.49. The zero-order chi connectivity index (χ0) is 13.9. The largest absolute Gasteiger partial charge is 0.482 e. The lowest BCUT2D eigenvalue weighted by Crippen LogP contribution is -2.43. The SMILES string of the molecule is CC1(C)CCCC1NC(=O)COc1ccccc1N. The number of carbonyl (C=O) groups is 1. The smallest absolute Gasteiger partial charge is 0.258 e. The van der Waals surface area contributed by atoms with Gasteiger partial charge in [0.15, 0.2) is 6.61 Å². The van der Waals surface area contributed by atoms with E-state index in [0.29, 0.717) is 11.4 Å². The van der Waals surface area contributed by atoms with Crippen molar-refractivity contribution < 1.29 is 9.53 Å². The molecule has 19 heavy (non-hydrogen) atoms. The molecule has 0 aliphatic heterocycles. The van der Waals surface area contributed by atoms with Crippen molar-refractivity contribution in [1.82, 2.24) is 5.32 Å². The number of amides is 1. The first-order valence-electron chi connectivity index (χ1n) is 6.76. The Morgan fingerprint density at radius 1 is 1.47 bits per heavy atom. The zero-order valence-corrected chi connectivity index (χ0v) is 11.6. The van der Waals surface area contributed by atoms with Gasteiger partial charge in [-0.25, -0.2) is 0 Å². The van der Waals surface area contributed by atoms with Crippen molar-refractivity contribution in [3.63, 3.8) is 0 Å². The van der Waals surface area contributed by atoms with Gasteiger partial charge in [0.25, 0.3) is 5.91 Å². The molecule has 1 amide bonds. The number of nitrogens with one attached hydrogen (secondary N) is 1. The maximum Gasteiger partial charge on any atom is 0.258 e. The minimum atomic E-state index is -0.0803. The van der Waals surface area contributed by atoms with Gasteiger partial charge in [-0.3, -0.25) is 4.79 Å². The molecule has 1 atom stereocenters. The summed E-state index contributed by atoms with van der Waals surface area (Å²) in [4.78, 5) is 11.9. The van der Waals surface area contributed by atoms with Gasteiger partial charge in [0, 0.05) is 6.04 Å². The van der Waals surface area contributed by atoms with Crippen LogP contribution in [0.25, 0.3) is 0 Å². The van der Waals surface area contributed by atoms with Crippen molar-refractivity contribution in [2.45, 2.75) is 39.2 Å². The molecule has 104 valence electrons. The van der Waals surface area contributed by atoms with Crippen LogP contribution in [0, 0.1) is 5.41 Å². The van der Waals surface area contributed by atoms with Gasteiger partial charge in [-0.2, -0.15) is 0 Å². The number of rotatable bonds is 4. The van der Waals surface area contributed by atoms with Crippen molar-refractivity contribution in [2.24, 2.45) is 5.41 Å². The molecule has 1 aromatic carbocycles. The lowest BCUT2D eigenvalue weighted by molar-refractivity contribution is -0.124. The van der Waals surface area contributed by atoms with Crippen molar-refractivity contribution in [3.05, 3.63) is 24.3 Å². The van der Waals surface area contributed by atoms with Crippen LogP contribution < -0.4 is 15.8 Å². The predicted molar refractivity (Wildman–Crippen MR) is 75.9 cm³/mol. The molecule has 1 unspecified atom stereocenters. The van der Waals surface area contributed by atoms with Crippen LogP contribution in [0.2, 0.25) is 0 Å². The molecule has 0 bridgehead atoms. The molecule has 2 rings (SSSR count). The standard InChI is InChI=1S/C15H22N2O2/c1-15(2)9-5-8-13(15)17-14(18)10-19-12-7-4-3-6-11(12)16/h3-4,6-7,13H,5,8-10,16H2,1-2H3,(H,17,18). The fourth-order valence-corrected chi connectivity index (χ4v) is 2.59. The number of hydrogen-bond donors (Lipinski definition) is 2. The van der Waals surface area contributed by atoms with E-state index in [0.717, 1.165) is 12.8 Å². The summed E-state index contributed by atoms with van der Waals surface area (Å²) in [6.45, 7) is 4.41. The molecule has 1 aromatic rings. The summed E-state index contributed by atoms with van der Waals surface area (Å²) in [6, 6.07) is 7.44. The summed E-state index contributed by atoms with van der Waals surface area (Å²) in [5.74, 6) is 0.478. The Morgan fingerprint density at radius 2 is 2.21 bits per heavy atom. The van der Waals surface area contributed by atoms with Crippen LogP contribution in [0.15, 0.2) is 24.3 Å². The van der Waals surface area contributed by atoms with E-state index < -0.39 is 0 Å². The first-order chi connectivity index (χ1) is 8.99. The average molecular weight is 262 g/mol. The highest BCUT2D eigenvalue weighted by atomic mass is 16.5. The van der Waals surface area contributed by atoms with E-state index in [4.69, 9.17) is 10.5 Å².